The van der Waals surface area contributed by atoms with E-state index in [4.69, 9.17) is 4.74 Å². The van der Waals surface area contributed by atoms with Crippen molar-refractivity contribution in [3.05, 3.63) is 88.0 Å². The third-order valence-electron chi connectivity index (χ3n) is 4.65. The van der Waals surface area contributed by atoms with Crippen LogP contribution in [0.25, 0.3) is 0 Å². The van der Waals surface area contributed by atoms with Crippen molar-refractivity contribution in [3.8, 4) is 11.5 Å². The number of nitro groups is 1. The number of nitrogens with one attached hydrogen (secondary N) is 1. The van der Waals surface area contributed by atoms with Crippen LogP contribution in [0.4, 0.5) is 35.0 Å². The number of hydrogen-bond donors (Lipinski definition) is 1. The molecule has 1 heterocycles. The van der Waals surface area contributed by atoms with Crippen molar-refractivity contribution in [2.75, 3.05) is 10.2 Å². The zero-order valence-corrected chi connectivity index (χ0v) is 15.7. The molecule has 0 saturated carbocycles. The van der Waals surface area contributed by atoms with Crippen molar-refractivity contribution < 1.29 is 27.6 Å². The van der Waals surface area contributed by atoms with Gasteiger partial charge in [0.2, 0.25) is 0 Å². The molecule has 0 radical (unpaired) electrons. The lowest BCUT2D eigenvalue weighted by Gasteiger charge is -2.22. The van der Waals surface area contributed by atoms with Gasteiger partial charge in [0.15, 0.2) is 5.75 Å². The first-order valence-electron chi connectivity index (χ1n) is 9.02. The van der Waals surface area contributed by atoms with E-state index in [0.29, 0.717) is 22.7 Å². The average Bonchev–Trinajstić information content (AvgIpc) is 2.89. The van der Waals surface area contributed by atoms with Crippen molar-refractivity contribution in [3.63, 3.8) is 0 Å². The molecule has 158 valence electrons. The van der Waals surface area contributed by atoms with E-state index >= 15 is 0 Å². The van der Waals surface area contributed by atoms with Crippen molar-refractivity contribution in [1.82, 2.24) is 0 Å². The Labute approximate surface area is 173 Å². The van der Waals surface area contributed by atoms with E-state index in [1.54, 1.807) is 24.3 Å². The number of rotatable bonds is 2. The topological polar surface area (TPSA) is 84.7 Å². The zero-order valence-electron chi connectivity index (χ0n) is 15.7. The first-order valence-corrected chi connectivity index (χ1v) is 9.02. The molecule has 3 aromatic rings. The van der Waals surface area contributed by atoms with Crippen LogP contribution in [-0.4, -0.2) is 11.0 Å². The van der Waals surface area contributed by atoms with Gasteiger partial charge in [0.05, 0.1) is 22.7 Å². The smallest absolute Gasteiger partial charge is 0.416 e. The summed E-state index contributed by atoms with van der Waals surface area (Å²) in [6, 6.07) is 14.2. The van der Waals surface area contributed by atoms with Gasteiger partial charge in [0.1, 0.15) is 5.75 Å². The molecule has 7 nitrogen and oxygen atoms in total. The lowest BCUT2D eigenvalue weighted by Crippen LogP contribution is -2.34. The summed E-state index contributed by atoms with van der Waals surface area (Å²) in [5.74, 6) is 0.668. The van der Waals surface area contributed by atoms with Crippen LogP contribution in [-0.2, 0) is 12.7 Å². The lowest BCUT2D eigenvalue weighted by molar-refractivity contribution is -0.384. The van der Waals surface area contributed by atoms with Crippen LogP contribution in [0.1, 0.15) is 11.1 Å². The molecular weight excluding hydrogens is 415 g/mol. The average molecular weight is 429 g/mol. The number of fused-ring (bicyclic) bond motifs is 2. The highest BCUT2D eigenvalue weighted by Gasteiger charge is 2.31. The minimum Gasteiger partial charge on any atom is -0.455 e. The Morgan fingerprint density at radius 3 is 2.55 bits per heavy atom. The summed E-state index contributed by atoms with van der Waals surface area (Å²) in [6.45, 7) is -0.0845. The maximum absolute atomic E-state index is 13.0. The van der Waals surface area contributed by atoms with Crippen molar-refractivity contribution in [2.45, 2.75) is 12.7 Å². The van der Waals surface area contributed by atoms with Gasteiger partial charge in [-0.25, -0.2) is 4.79 Å². The number of carbonyl (C=O) groups excluding carboxylic acids is 1. The summed E-state index contributed by atoms with van der Waals surface area (Å²) in [4.78, 5) is 24.8. The van der Waals surface area contributed by atoms with Crippen LogP contribution < -0.4 is 15.0 Å². The van der Waals surface area contributed by atoms with Crippen LogP contribution in [0.15, 0.2) is 66.7 Å². The largest absolute Gasteiger partial charge is 0.455 e. The SMILES string of the molecule is O=C(Nc1cccc(C(F)(F)F)c1)N1Cc2cc([N+](=O)[O-])ccc2Oc2ccccc21. The van der Waals surface area contributed by atoms with Gasteiger partial charge in [-0.05, 0) is 36.4 Å². The van der Waals surface area contributed by atoms with E-state index < -0.39 is 22.7 Å². The van der Waals surface area contributed by atoms with E-state index in [-0.39, 0.29) is 17.9 Å². The monoisotopic (exact) mass is 429 g/mol. The number of para-hydroxylation sites is 2. The first kappa shape index (κ1) is 20.2. The van der Waals surface area contributed by atoms with Crippen LogP contribution in [0, 0.1) is 10.1 Å². The number of hydrogen-bond acceptors (Lipinski definition) is 4. The minimum absolute atomic E-state index is 0.0401. The Hall–Kier alpha value is -4.08. The fraction of sp³-hybridized carbons (Fsp3) is 0.0952. The Morgan fingerprint density at radius 1 is 1.03 bits per heavy atom. The molecule has 2 amide bonds. The highest BCUT2D eigenvalue weighted by atomic mass is 19.4. The van der Waals surface area contributed by atoms with Crippen LogP contribution in [0.3, 0.4) is 0 Å². The molecule has 0 unspecified atom stereocenters. The number of benzene rings is 3. The fourth-order valence-corrected chi connectivity index (χ4v) is 3.19. The number of non-ortho nitro benzene ring substituents is 1. The molecular formula is C21H14F3N3O4. The number of carbonyl (C=O) groups is 1. The molecule has 0 spiro atoms. The first-order chi connectivity index (χ1) is 14.7. The molecule has 1 aliphatic rings. The Morgan fingerprint density at radius 2 is 1.81 bits per heavy atom. The Balaban J connectivity index is 1.70. The molecule has 4 rings (SSSR count). The van der Waals surface area contributed by atoms with E-state index in [1.807, 2.05) is 0 Å². The van der Waals surface area contributed by atoms with Gasteiger partial charge in [0, 0.05) is 23.4 Å². The molecule has 0 bridgehead atoms. The molecule has 0 aromatic heterocycles. The molecule has 0 aliphatic carbocycles. The number of nitro benzene ring substituents is 1. The van der Waals surface area contributed by atoms with E-state index in [2.05, 4.69) is 5.32 Å². The van der Waals surface area contributed by atoms with Gasteiger partial charge in [-0.2, -0.15) is 13.2 Å². The van der Waals surface area contributed by atoms with Gasteiger partial charge in [0.25, 0.3) is 5.69 Å². The zero-order chi connectivity index (χ0) is 22.2. The molecule has 0 saturated heterocycles. The highest BCUT2D eigenvalue weighted by Crippen LogP contribution is 2.40. The summed E-state index contributed by atoms with van der Waals surface area (Å²) in [6.07, 6.45) is -4.55. The molecule has 0 fully saturated rings. The number of halogens is 3. The molecule has 1 N–H and O–H groups in total. The second-order valence-electron chi connectivity index (χ2n) is 6.71. The second kappa shape index (κ2) is 7.63. The molecule has 31 heavy (non-hydrogen) atoms. The maximum atomic E-state index is 13.0. The number of ether oxygens (including phenoxy) is 1. The number of anilines is 2. The third kappa shape index (κ3) is 4.13. The third-order valence-corrected chi connectivity index (χ3v) is 4.65. The second-order valence-corrected chi connectivity index (χ2v) is 6.71. The predicted molar refractivity (Wildman–Crippen MR) is 106 cm³/mol. The lowest BCUT2D eigenvalue weighted by atomic mass is 10.1. The number of urea groups is 1. The van der Waals surface area contributed by atoms with Crippen LogP contribution >= 0.6 is 0 Å². The van der Waals surface area contributed by atoms with Crippen molar-refractivity contribution in [2.24, 2.45) is 0 Å². The van der Waals surface area contributed by atoms with E-state index in [1.165, 1.54) is 35.2 Å². The summed E-state index contributed by atoms with van der Waals surface area (Å²) in [5, 5.41) is 13.6. The number of alkyl halides is 3. The van der Waals surface area contributed by atoms with Gasteiger partial charge < -0.3 is 10.1 Å². The summed E-state index contributed by atoms with van der Waals surface area (Å²) in [7, 11) is 0. The number of amides is 2. The van der Waals surface area contributed by atoms with Crippen molar-refractivity contribution in [1.29, 1.82) is 0 Å². The molecule has 10 heteroatoms. The van der Waals surface area contributed by atoms with Crippen LogP contribution in [0.5, 0.6) is 11.5 Å². The minimum atomic E-state index is -4.55. The Bertz CT molecular complexity index is 1180. The van der Waals surface area contributed by atoms with Crippen molar-refractivity contribution >= 4 is 23.1 Å². The van der Waals surface area contributed by atoms with Gasteiger partial charge in [-0.1, -0.05) is 18.2 Å². The molecule has 0 atom stereocenters. The Kier molecular flexibility index (Phi) is 4.97. The van der Waals surface area contributed by atoms with E-state index in [0.717, 1.165) is 12.1 Å². The molecule has 3 aromatic carbocycles. The van der Waals surface area contributed by atoms with Gasteiger partial charge >= 0.3 is 12.2 Å². The number of nitrogens with zero attached hydrogens (tertiary/aromatic N) is 2. The standard InChI is InChI=1S/C21H14F3N3O4/c22-21(23,24)14-4-3-5-15(11-14)25-20(28)26-12-13-10-16(27(29)30)8-9-18(13)31-19-7-2-1-6-17(19)26/h1-11H,12H2,(H,25,28). The fourth-order valence-electron chi connectivity index (χ4n) is 3.19. The predicted octanol–water partition coefficient (Wildman–Crippen LogP) is 5.96. The summed E-state index contributed by atoms with van der Waals surface area (Å²) >= 11 is 0. The van der Waals surface area contributed by atoms with Crippen LogP contribution in [0.2, 0.25) is 0 Å². The maximum Gasteiger partial charge on any atom is 0.416 e. The summed E-state index contributed by atoms with van der Waals surface area (Å²) in [5.41, 5.74) is -0.366. The quantitative estimate of drug-likeness (QED) is 0.403. The van der Waals surface area contributed by atoms with E-state index in [9.17, 15) is 28.1 Å². The van der Waals surface area contributed by atoms with Gasteiger partial charge in [-0.3, -0.25) is 15.0 Å². The molecule has 1 aliphatic heterocycles. The normalized spacial score (nSPS) is 12.8. The van der Waals surface area contributed by atoms with Gasteiger partial charge in [-0.15, -0.1) is 0 Å². The summed E-state index contributed by atoms with van der Waals surface area (Å²) < 4.78 is 44.8. The highest BCUT2D eigenvalue weighted by molar-refractivity contribution is 6.03.